The van der Waals surface area contributed by atoms with Gasteiger partial charge in [-0.15, -0.1) is 0 Å². The van der Waals surface area contributed by atoms with Gasteiger partial charge in [0.05, 0.1) is 11.1 Å². The van der Waals surface area contributed by atoms with Crippen molar-refractivity contribution >= 4 is 22.4 Å². The van der Waals surface area contributed by atoms with Crippen LogP contribution in [-0.2, 0) is 6.54 Å². The molecule has 168 valence electrons. The molecule has 0 aliphatic heterocycles. The van der Waals surface area contributed by atoms with Crippen LogP contribution in [0.5, 0.6) is 0 Å². The topological polar surface area (TPSA) is 51.1 Å². The van der Waals surface area contributed by atoms with Gasteiger partial charge in [-0.25, -0.2) is 0 Å². The van der Waals surface area contributed by atoms with Crippen LogP contribution in [-0.4, -0.2) is 16.9 Å². The van der Waals surface area contributed by atoms with Gasteiger partial charge in [0.1, 0.15) is 0 Å². The molecule has 1 aliphatic rings. The van der Waals surface area contributed by atoms with Crippen LogP contribution in [0.25, 0.3) is 22.0 Å². The van der Waals surface area contributed by atoms with Crippen LogP contribution in [0.15, 0.2) is 47.3 Å². The van der Waals surface area contributed by atoms with Gasteiger partial charge in [0.25, 0.3) is 5.56 Å². The highest BCUT2D eigenvalue weighted by Crippen LogP contribution is 2.41. The maximum atomic E-state index is 13.7. The van der Waals surface area contributed by atoms with E-state index < -0.39 is 0 Å². The number of anilines is 1. The molecule has 1 heterocycles. The average Bonchev–Trinajstić information content (AvgIpc) is 2.82. The highest BCUT2D eigenvalue weighted by atomic mass is 16.1. The fraction of sp³-hybridized carbons (Fsp3) is 0.429. The summed E-state index contributed by atoms with van der Waals surface area (Å²) in [5, 5.41) is 4.52. The summed E-state index contributed by atoms with van der Waals surface area (Å²) < 4.78 is 1.84. The van der Waals surface area contributed by atoms with Crippen LogP contribution in [0.1, 0.15) is 75.2 Å². The number of aromatic nitrogens is 1. The molecule has 4 heteroatoms. The van der Waals surface area contributed by atoms with Crippen LogP contribution in [0, 0.1) is 5.92 Å². The molecule has 0 saturated carbocycles. The monoisotopic (exact) mass is 430 g/mol. The Bertz CT molecular complexity index is 1190. The molecule has 32 heavy (non-hydrogen) atoms. The normalized spacial score (nSPS) is 13.3. The summed E-state index contributed by atoms with van der Waals surface area (Å²) in [7, 11) is 0. The summed E-state index contributed by atoms with van der Waals surface area (Å²) in [6.45, 7) is 8.11. The SMILES string of the molecule is CCCCC(CC)CNc1ccc2c3c(cc(=O)n2CCCC)-c2ccccc2C(=O)c13. The molecule has 1 unspecified atom stereocenters. The van der Waals surface area contributed by atoms with Gasteiger partial charge < -0.3 is 9.88 Å². The minimum Gasteiger partial charge on any atom is -0.384 e. The zero-order valence-electron chi connectivity index (χ0n) is 19.5. The van der Waals surface area contributed by atoms with E-state index in [9.17, 15) is 9.59 Å². The largest absolute Gasteiger partial charge is 0.384 e. The van der Waals surface area contributed by atoms with E-state index in [4.69, 9.17) is 0 Å². The first kappa shape index (κ1) is 22.3. The van der Waals surface area contributed by atoms with Gasteiger partial charge in [0.2, 0.25) is 0 Å². The highest BCUT2D eigenvalue weighted by Gasteiger charge is 2.29. The summed E-state index contributed by atoms with van der Waals surface area (Å²) in [5.74, 6) is 0.630. The Balaban J connectivity index is 1.87. The van der Waals surface area contributed by atoms with Crippen molar-refractivity contribution in [2.75, 3.05) is 11.9 Å². The van der Waals surface area contributed by atoms with Crippen molar-refractivity contribution in [2.24, 2.45) is 5.92 Å². The van der Waals surface area contributed by atoms with Gasteiger partial charge in [0.15, 0.2) is 5.78 Å². The van der Waals surface area contributed by atoms with Gasteiger partial charge in [-0.05, 0) is 42.0 Å². The number of hydrogen-bond donors (Lipinski definition) is 1. The van der Waals surface area contributed by atoms with Crippen LogP contribution in [0.4, 0.5) is 5.69 Å². The first-order valence-corrected chi connectivity index (χ1v) is 12.2. The molecule has 0 radical (unpaired) electrons. The average molecular weight is 431 g/mol. The maximum Gasteiger partial charge on any atom is 0.251 e. The number of pyridine rings is 1. The Labute approximate surface area is 190 Å². The van der Waals surface area contributed by atoms with Gasteiger partial charge in [-0.3, -0.25) is 9.59 Å². The van der Waals surface area contributed by atoms with Gasteiger partial charge in [0, 0.05) is 35.8 Å². The molecule has 0 amide bonds. The number of hydrogen-bond acceptors (Lipinski definition) is 3. The zero-order chi connectivity index (χ0) is 22.7. The molecule has 0 spiro atoms. The molecule has 0 fully saturated rings. The fourth-order valence-electron chi connectivity index (χ4n) is 4.87. The second-order valence-electron chi connectivity index (χ2n) is 8.96. The number of aryl methyl sites for hydroxylation is 1. The number of rotatable bonds is 10. The van der Waals surface area contributed by atoms with Crippen molar-refractivity contribution in [1.82, 2.24) is 4.57 Å². The van der Waals surface area contributed by atoms with E-state index in [1.165, 1.54) is 19.3 Å². The second-order valence-corrected chi connectivity index (χ2v) is 8.96. The van der Waals surface area contributed by atoms with Crippen LogP contribution in [0.2, 0.25) is 0 Å². The van der Waals surface area contributed by atoms with Crippen molar-refractivity contribution in [3.63, 3.8) is 0 Å². The molecule has 4 nitrogen and oxygen atoms in total. The number of nitrogens with zero attached hydrogens (tertiary/aromatic N) is 1. The van der Waals surface area contributed by atoms with Gasteiger partial charge in [-0.2, -0.15) is 0 Å². The lowest BCUT2D eigenvalue weighted by Crippen LogP contribution is -2.24. The van der Waals surface area contributed by atoms with Crippen molar-refractivity contribution in [3.8, 4) is 11.1 Å². The highest BCUT2D eigenvalue weighted by molar-refractivity contribution is 6.28. The number of ketones is 1. The molecule has 1 aliphatic carbocycles. The number of nitrogens with one attached hydrogen (secondary N) is 1. The van der Waals surface area contributed by atoms with E-state index in [0.717, 1.165) is 53.5 Å². The third kappa shape index (κ3) is 3.99. The number of carbonyl (C=O) groups excluding carboxylic acids is 1. The molecule has 0 saturated heterocycles. The van der Waals surface area contributed by atoms with E-state index >= 15 is 0 Å². The summed E-state index contributed by atoms with van der Waals surface area (Å²) in [4.78, 5) is 26.7. The summed E-state index contributed by atoms with van der Waals surface area (Å²) in [6.07, 6.45) is 6.69. The van der Waals surface area contributed by atoms with E-state index in [2.05, 4.69) is 26.1 Å². The molecule has 1 aromatic heterocycles. The van der Waals surface area contributed by atoms with Crippen LogP contribution in [0.3, 0.4) is 0 Å². The van der Waals surface area contributed by atoms with Crippen molar-refractivity contribution < 1.29 is 4.79 Å². The Morgan fingerprint density at radius 3 is 2.38 bits per heavy atom. The van der Waals surface area contributed by atoms with Crippen molar-refractivity contribution in [1.29, 1.82) is 0 Å². The zero-order valence-corrected chi connectivity index (χ0v) is 19.5. The number of unbranched alkanes of at least 4 members (excludes halogenated alkanes) is 2. The van der Waals surface area contributed by atoms with Crippen molar-refractivity contribution in [3.05, 3.63) is 63.9 Å². The molecule has 0 bridgehead atoms. The first-order valence-electron chi connectivity index (χ1n) is 12.2. The Morgan fingerprint density at radius 2 is 1.66 bits per heavy atom. The predicted molar refractivity (Wildman–Crippen MR) is 134 cm³/mol. The lowest BCUT2D eigenvalue weighted by molar-refractivity contribution is 0.104. The fourth-order valence-corrected chi connectivity index (χ4v) is 4.87. The second kappa shape index (κ2) is 9.72. The third-order valence-corrected chi connectivity index (χ3v) is 6.83. The summed E-state index contributed by atoms with van der Waals surface area (Å²) >= 11 is 0. The Kier molecular flexibility index (Phi) is 6.78. The van der Waals surface area contributed by atoms with E-state index in [1.807, 2.05) is 41.0 Å². The van der Waals surface area contributed by atoms with Gasteiger partial charge in [-0.1, -0.05) is 70.7 Å². The lowest BCUT2D eigenvalue weighted by atomic mass is 9.83. The maximum absolute atomic E-state index is 13.7. The van der Waals surface area contributed by atoms with Gasteiger partial charge >= 0.3 is 0 Å². The number of fused-ring (bicyclic) bond motifs is 2. The van der Waals surface area contributed by atoms with Crippen molar-refractivity contribution in [2.45, 2.75) is 65.8 Å². The van der Waals surface area contributed by atoms with E-state index in [-0.39, 0.29) is 11.3 Å². The van der Waals surface area contributed by atoms with E-state index in [0.29, 0.717) is 23.6 Å². The lowest BCUT2D eigenvalue weighted by Gasteiger charge is -2.25. The standard InChI is InChI=1S/C28H34N2O2/c1-4-7-11-19(6-3)18-29-23-14-15-24-26-22(17-25(31)30(24)16-8-5-2)20-12-9-10-13-21(20)28(32)27(23)26/h9-10,12-15,17,19,29H,4-8,11,16,18H2,1-3H3. The molecule has 3 aromatic rings. The van der Waals surface area contributed by atoms with E-state index in [1.54, 1.807) is 6.07 Å². The van der Waals surface area contributed by atoms with Crippen LogP contribution >= 0.6 is 0 Å². The molecular formula is C28H34N2O2. The number of benzene rings is 2. The quantitative estimate of drug-likeness (QED) is 0.307. The molecule has 4 rings (SSSR count). The Hall–Kier alpha value is -2.88. The first-order chi connectivity index (χ1) is 15.6. The smallest absolute Gasteiger partial charge is 0.251 e. The molecule has 2 aromatic carbocycles. The number of carbonyl (C=O) groups is 1. The molecule has 1 N–H and O–H groups in total. The minimum absolute atomic E-state index is 0.00220. The summed E-state index contributed by atoms with van der Waals surface area (Å²) in [5.41, 5.74) is 4.88. The van der Waals surface area contributed by atoms with Crippen LogP contribution < -0.4 is 10.9 Å². The predicted octanol–water partition coefficient (Wildman–Crippen LogP) is 6.64. The summed E-state index contributed by atoms with van der Waals surface area (Å²) in [6, 6.07) is 13.4. The minimum atomic E-state index is 0.00220. The molecule has 1 atom stereocenters. The Morgan fingerprint density at radius 1 is 0.906 bits per heavy atom. The third-order valence-electron chi connectivity index (χ3n) is 6.83. The molecular weight excluding hydrogens is 396 g/mol.